The molecule has 0 unspecified atom stereocenters. The third kappa shape index (κ3) is 2.70. The van der Waals surface area contributed by atoms with Gasteiger partial charge in [-0.05, 0) is 25.0 Å². The molecule has 0 atom stereocenters. The molecule has 1 aromatic heterocycles. The number of nitrogens with one attached hydrogen (secondary N) is 1. The van der Waals surface area contributed by atoms with E-state index in [0.717, 1.165) is 24.3 Å². The van der Waals surface area contributed by atoms with Crippen LogP contribution in [0.5, 0.6) is 0 Å². The predicted octanol–water partition coefficient (Wildman–Crippen LogP) is 1.77. The van der Waals surface area contributed by atoms with Crippen LogP contribution in [-0.4, -0.2) is 16.7 Å². The fourth-order valence-corrected chi connectivity index (χ4v) is 0.853. The summed E-state index contributed by atoms with van der Waals surface area (Å²) in [5.74, 6) is 0.830. The summed E-state index contributed by atoms with van der Waals surface area (Å²) in [6.45, 7) is 6.49. The molecule has 0 amide bonds. The van der Waals surface area contributed by atoms with E-state index in [0.29, 0.717) is 0 Å². The zero-order chi connectivity index (χ0) is 8.81. The minimum absolute atomic E-state index is 0.830. The molecule has 3 nitrogen and oxygen atoms in total. The van der Waals surface area contributed by atoms with Gasteiger partial charge in [0.25, 0.3) is 0 Å². The zero-order valence-corrected chi connectivity index (χ0v) is 7.25. The highest BCUT2D eigenvalue weighted by molar-refractivity contribution is 5.34. The van der Waals surface area contributed by atoms with Crippen molar-refractivity contribution in [2.24, 2.45) is 0 Å². The molecule has 0 radical (unpaired) electrons. The summed E-state index contributed by atoms with van der Waals surface area (Å²) in [7, 11) is 0. The Labute approximate surface area is 72.5 Å². The number of hydrogen-bond acceptors (Lipinski definition) is 3. The van der Waals surface area contributed by atoms with Gasteiger partial charge in [-0.3, -0.25) is 0 Å². The van der Waals surface area contributed by atoms with Crippen molar-refractivity contribution in [2.45, 2.75) is 13.3 Å². The standard InChI is InChI=1S/C9H13N3/c1-3-4-5-10-9-6-8(2)7-11-12-9/h3,6-7H,1,4-5H2,2H3,(H,10,12). The zero-order valence-electron chi connectivity index (χ0n) is 7.25. The van der Waals surface area contributed by atoms with Gasteiger partial charge < -0.3 is 5.32 Å². The summed E-state index contributed by atoms with van der Waals surface area (Å²) in [4.78, 5) is 0. The van der Waals surface area contributed by atoms with Gasteiger partial charge in [-0.1, -0.05) is 6.08 Å². The second-order valence-electron chi connectivity index (χ2n) is 2.62. The Hall–Kier alpha value is -1.38. The summed E-state index contributed by atoms with van der Waals surface area (Å²) in [6, 6.07) is 1.97. The molecule has 0 aromatic carbocycles. The number of rotatable bonds is 4. The summed E-state index contributed by atoms with van der Waals surface area (Å²) in [5.41, 5.74) is 1.12. The van der Waals surface area contributed by atoms with E-state index in [9.17, 15) is 0 Å². The van der Waals surface area contributed by atoms with E-state index in [1.165, 1.54) is 0 Å². The molecule has 0 fully saturated rings. The molecule has 0 aliphatic carbocycles. The lowest BCUT2D eigenvalue weighted by Gasteiger charge is -2.01. The smallest absolute Gasteiger partial charge is 0.148 e. The highest BCUT2D eigenvalue weighted by Crippen LogP contribution is 2.02. The van der Waals surface area contributed by atoms with Gasteiger partial charge >= 0.3 is 0 Å². The summed E-state index contributed by atoms with van der Waals surface area (Å²) in [5, 5.41) is 10.9. The van der Waals surface area contributed by atoms with E-state index >= 15 is 0 Å². The van der Waals surface area contributed by atoms with Crippen LogP contribution < -0.4 is 5.32 Å². The maximum Gasteiger partial charge on any atom is 0.148 e. The lowest BCUT2D eigenvalue weighted by molar-refractivity contribution is 0.976. The number of aromatic nitrogens is 2. The Morgan fingerprint density at radius 1 is 1.67 bits per heavy atom. The Kier molecular flexibility index (Phi) is 3.26. The van der Waals surface area contributed by atoms with Crippen LogP contribution in [0.25, 0.3) is 0 Å². The molecule has 12 heavy (non-hydrogen) atoms. The van der Waals surface area contributed by atoms with Gasteiger partial charge in [-0.2, -0.15) is 5.10 Å². The Balaban J connectivity index is 2.46. The Morgan fingerprint density at radius 3 is 3.17 bits per heavy atom. The first-order valence-corrected chi connectivity index (χ1v) is 3.97. The van der Waals surface area contributed by atoms with E-state index in [-0.39, 0.29) is 0 Å². The molecule has 0 saturated heterocycles. The molecule has 0 aliphatic rings. The highest BCUT2D eigenvalue weighted by atomic mass is 15.2. The molecular weight excluding hydrogens is 150 g/mol. The van der Waals surface area contributed by atoms with Gasteiger partial charge in [0.2, 0.25) is 0 Å². The van der Waals surface area contributed by atoms with Crippen molar-refractivity contribution in [3.63, 3.8) is 0 Å². The third-order valence-corrected chi connectivity index (χ3v) is 1.45. The molecule has 1 aromatic rings. The summed E-state index contributed by atoms with van der Waals surface area (Å²) >= 11 is 0. The molecular formula is C9H13N3. The quantitative estimate of drug-likeness (QED) is 0.543. The minimum atomic E-state index is 0.830. The summed E-state index contributed by atoms with van der Waals surface area (Å²) in [6.07, 6.45) is 4.55. The molecule has 0 saturated carbocycles. The Morgan fingerprint density at radius 2 is 2.50 bits per heavy atom. The van der Waals surface area contributed by atoms with Gasteiger partial charge in [0.1, 0.15) is 5.82 Å². The molecule has 1 rings (SSSR count). The lowest BCUT2D eigenvalue weighted by atomic mass is 10.3. The van der Waals surface area contributed by atoms with Crippen LogP contribution in [0.3, 0.4) is 0 Å². The average Bonchev–Trinajstić information content (AvgIpc) is 2.05. The lowest BCUT2D eigenvalue weighted by Crippen LogP contribution is -2.02. The van der Waals surface area contributed by atoms with E-state index in [1.54, 1.807) is 6.20 Å². The SMILES string of the molecule is C=CCCNc1cc(C)cnn1. The number of nitrogens with zero attached hydrogens (tertiary/aromatic N) is 2. The van der Waals surface area contributed by atoms with Gasteiger partial charge in [-0.15, -0.1) is 11.7 Å². The molecule has 1 N–H and O–H groups in total. The average molecular weight is 163 g/mol. The van der Waals surface area contributed by atoms with Crippen LogP contribution in [0.4, 0.5) is 5.82 Å². The van der Waals surface area contributed by atoms with Crippen LogP contribution in [0.2, 0.25) is 0 Å². The van der Waals surface area contributed by atoms with Gasteiger partial charge in [-0.25, -0.2) is 0 Å². The van der Waals surface area contributed by atoms with E-state index in [4.69, 9.17) is 0 Å². The maximum atomic E-state index is 3.92. The second kappa shape index (κ2) is 4.49. The van der Waals surface area contributed by atoms with Crippen molar-refractivity contribution in [3.05, 3.63) is 30.5 Å². The first kappa shape index (κ1) is 8.71. The second-order valence-corrected chi connectivity index (χ2v) is 2.62. The number of anilines is 1. The van der Waals surface area contributed by atoms with Crippen LogP contribution in [-0.2, 0) is 0 Å². The fraction of sp³-hybridized carbons (Fsp3) is 0.333. The van der Waals surface area contributed by atoms with Gasteiger partial charge in [0.15, 0.2) is 0 Å². The van der Waals surface area contributed by atoms with E-state index in [2.05, 4.69) is 22.1 Å². The molecule has 64 valence electrons. The van der Waals surface area contributed by atoms with Crippen molar-refractivity contribution in [1.82, 2.24) is 10.2 Å². The summed E-state index contributed by atoms with van der Waals surface area (Å²) < 4.78 is 0. The predicted molar refractivity (Wildman–Crippen MR) is 50.1 cm³/mol. The van der Waals surface area contributed by atoms with Crippen LogP contribution in [0.15, 0.2) is 24.9 Å². The van der Waals surface area contributed by atoms with Crippen molar-refractivity contribution >= 4 is 5.82 Å². The number of hydrogen-bond donors (Lipinski definition) is 1. The third-order valence-electron chi connectivity index (χ3n) is 1.45. The van der Waals surface area contributed by atoms with Crippen LogP contribution in [0, 0.1) is 6.92 Å². The van der Waals surface area contributed by atoms with Crippen LogP contribution >= 0.6 is 0 Å². The van der Waals surface area contributed by atoms with E-state index in [1.807, 2.05) is 19.1 Å². The van der Waals surface area contributed by atoms with Crippen molar-refractivity contribution in [2.75, 3.05) is 11.9 Å². The normalized spacial score (nSPS) is 9.42. The highest BCUT2D eigenvalue weighted by Gasteiger charge is 1.92. The van der Waals surface area contributed by atoms with Crippen molar-refractivity contribution < 1.29 is 0 Å². The van der Waals surface area contributed by atoms with E-state index < -0.39 is 0 Å². The largest absolute Gasteiger partial charge is 0.368 e. The van der Waals surface area contributed by atoms with Gasteiger partial charge in [0, 0.05) is 6.54 Å². The fourth-order valence-electron chi connectivity index (χ4n) is 0.853. The molecule has 3 heteroatoms. The topological polar surface area (TPSA) is 37.8 Å². The first-order chi connectivity index (χ1) is 5.83. The van der Waals surface area contributed by atoms with Gasteiger partial charge in [0.05, 0.1) is 6.20 Å². The Bertz CT molecular complexity index is 258. The maximum absolute atomic E-state index is 3.92. The first-order valence-electron chi connectivity index (χ1n) is 3.97. The molecule has 0 spiro atoms. The minimum Gasteiger partial charge on any atom is -0.368 e. The molecule has 1 heterocycles. The van der Waals surface area contributed by atoms with Crippen LogP contribution in [0.1, 0.15) is 12.0 Å². The van der Waals surface area contributed by atoms with Crippen molar-refractivity contribution in [1.29, 1.82) is 0 Å². The monoisotopic (exact) mass is 163 g/mol. The molecule has 0 aliphatic heterocycles. The number of aryl methyl sites for hydroxylation is 1. The van der Waals surface area contributed by atoms with Crippen molar-refractivity contribution in [3.8, 4) is 0 Å². The molecule has 0 bridgehead atoms.